The van der Waals surface area contributed by atoms with Gasteiger partial charge < -0.3 is 5.32 Å². The van der Waals surface area contributed by atoms with Gasteiger partial charge in [-0.1, -0.05) is 0 Å². The number of fused-ring (bicyclic) bond motifs is 1. The van der Waals surface area contributed by atoms with Gasteiger partial charge in [0.15, 0.2) is 0 Å². The van der Waals surface area contributed by atoms with Crippen LogP contribution in [-0.4, -0.2) is 26.4 Å². The van der Waals surface area contributed by atoms with Crippen molar-refractivity contribution in [1.29, 1.82) is 0 Å². The summed E-state index contributed by atoms with van der Waals surface area (Å²) in [5.41, 5.74) is 0.253. The Morgan fingerprint density at radius 3 is 2.74 bits per heavy atom. The molecule has 1 N–H and O–H groups in total. The highest BCUT2D eigenvalue weighted by Crippen LogP contribution is 2.09. The van der Waals surface area contributed by atoms with E-state index in [2.05, 4.69) is 31.2 Å². The normalized spacial score (nSPS) is 15.5. The smallest absolute Gasteiger partial charge is 0.312 e. The highest BCUT2D eigenvalue weighted by atomic mass is 16.2. The van der Waals surface area contributed by atoms with Gasteiger partial charge in [-0.3, -0.25) is 4.57 Å². The van der Waals surface area contributed by atoms with Gasteiger partial charge in [-0.15, -0.1) is 0 Å². The number of nitrogens with zero attached hydrogens (tertiary/aromatic N) is 3. The van der Waals surface area contributed by atoms with E-state index in [0.29, 0.717) is 0 Å². The summed E-state index contributed by atoms with van der Waals surface area (Å²) in [5.74, 6) is 0.976. The Morgan fingerprint density at radius 1 is 1.26 bits per heavy atom. The van der Waals surface area contributed by atoms with E-state index < -0.39 is 0 Å². The zero-order valence-electron chi connectivity index (χ0n) is 12.4. The summed E-state index contributed by atoms with van der Waals surface area (Å²) in [6, 6.07) is 0. The number of aryl methyl sites for hydroxylation is 2. The third-order valence-corrected chi connectivity index (χ3v) is 3.48. The minimum Gasteiger partial charge on any atom is -0.312 e. The topological polar surface area (TPSA) is 51.9 Å². The number of nitrogens with one attached hydrogen (secondary N) is 1. The Balaban J connectivity index is 1.81. The lowest BCUT2D eigenvalue weighted by molar-refractivity contribution is 0.410. The Hall–Kier alpha value is -1.10. The van der Waals surface area contributed by atoms with Gasteiger partial charge in [-0.2, -0.15) is 5.10 Å². The molecule has 0 radical (unpaired) electrons. The van der Waals surface area contributed by atoms with Crippen molar-refractivity contribution in [1.82, 2.24) is 19.7 Å². The summed E-state index contributed by atoms with van der Waals surface area (Å²) >= 11 is 0. The van der Waals surface area contributed by atoms with Gasteiger partial charge in [0.1, 0.15) is 5.82 Å². The molecular weight excluding hydrogens is 240 g/mol. The maximum absolute atomic E-state index is 12.1. The Morgan fingerprint density at radius 2 is 2.05 bits per heavy atom. The summed E-state index contributed by atoms with van der Waals surface area (Å²) in [5, 5.41) is 7.90. The first-order valence-electron chi connectivity index (χ1n) is 7.39. The van der Waals surface area contributed by atoms with Crippen molar-refractivity contribution in [2.45, 2.75) is 71.5 Å². The molecule has 0 amide bonds. The summed E-state index contributed by atoms with van der Waals surface area (Å²) in [7, 11) is 0. The quantitative estimate of drug-likeness (QED) is 0.823. The van der Waals surface area contributed by atoms with Crippen molar-refractivity contribution in [2.75, 3.05) is 6.54 Å². The summed E-state index contributed by atoms with van der Waals surface area (Å²) in [4.78, 5) is 12.1. The summed E-state index contributed by atoms with van der Waals surface area (Å²) in [6.07, 6.45) is 5.29. The van der Waals surface area contributed by atoms with Gasteiger partial charge >= 0.3 is 5.69 Å². The van der Waals surface area contributed by atoms with E-state index in [0.717, 1.165) is 57.6 Å². The standard InChI is InChI=1S/C14H26N4O/c1-14(2,3)15-9-5-7-11-18-13(19)17-10-6-4-8-12(17)16-18/h15H,4-11H2,1-3H3. The third kappa shape index (κ3) is 3.93. The lowest BCUT2D eigenvalue weighted by Gasteiger charge is -2.20. The van der Waals surface area contributed by atoms with Crippen LogP contribution in [0, 0.1) is 0 Å². The predicted octanol–water partition coefficient (Wildman–Crippen LogP) is 1.55. The molecule has 1 aromatic rings. The van der Waals surface area contributed by atoms with Crippen molar-refractivity contribution in [2.24, 2.45) is 0 Å². The molecule has 2 rings (SSSR count). The van der Waals surface area contributed by atoms with Crippen LogP contribution in [-0.2, 0) is 19.5 Å². The van der Waals surface area contributed by atoms with E-state index in [1.54, 1.807) is 4.68 Å². The number of aromatic nitrogens is 3. The number of rotatable bonds is 5. The van der Waals surface area contributed by atoms with Gasteiger partial charge in [0.25, 0.3) is 0 Å². The zero-order valence-corrected chi connectivity index (χ0v) is 12.4. The molecule has 0 aromatic carbocycles. The SMILES string of the molecule is CC(C)(C)NCCCCn1nc2n(c1=O)CCCC2. The van der Waals surface area contributed by atoms with Crippen molar-refractivity contribution >= 4 is 0 Å². The van der Waals surface area contributed by atoms with Crippen LogP contribution in [0.15, 0.2) is 4.79 Å². The van der Waals surface area contributed by atoms with Gasteiger partial charge in [-0.05, 0) is 53.0 Å². The second-order valence-corrected chi connectivity index (χ2v) is 6.41. The molecule has 1 aromatic heterocycles. The molecule has 0 fully saturated rings. The highest BCUT2D eigenvalue weighted by Gasteiger charge is 2.16. The fourth-order valence-corrected chi connectivity index (χ4v) is 2.44. The van der Waals surface area contributed by atoms with Gasteiger partial charge in [0, 0.05) is 25.0 Å². The number of hydrogen-bond acceptors (Lipinski definition) is 3. The minimum absolute atomic E-state index is 0.0819. The second kappa shape index (κ2) is 5.90. The molecule has 0 aliphatic carbocycles. The van der Waals surface area contributed by atoms with E-state index in [4.69, 9.17) is 0 Å². The van der Waals surface area contributed by atoms with Crippen molar-refractivity contribution in [3.8, 4) is 0 Å². The second-order valence-electron chi connectivity index (χ2n) is 6.41. The van der Waals surface area contributed by atoms with Crippen molar-refractivity contribution in [3.05, 3.63) is 16.3 Å². The fraction of sp³-hybridized carbons (Fsp3) is 0.857. The lowest BCUT2D eigenvalue weighted by Crippen LogP contribution is -2.36. The largest absolute Gasteiger partial charge is 0.345 e. The fourth-order valence-electron chi connectivity index (χ4n) is 2.44. The molecule has 5 nitrogen and oxygen atoms in total. The van der Waals surface area contributed by atoms with E-state index in [1.807, 2.05) is 4.57 Å². The molecule has 0 spiro atoms. The van der Waals surface area contributed by atoms with Gasteiger partial charge in [-0.25, -0.2) is 9.48 Å². The first-order valence-corrected chi connectivity index (χ1v) is 7.39. The average molecular weight is 266 g/mol. The maximum atomic E-state index is 12.1. The predicted molar refractivity (Wildman–Crippen MR) is 76.4 cm³/mol. The van der Waals surface area contributed by atoms with Crippen molar-refractivity contribution in [3.63, 3.8) is 0 Å². The molecule has 0 saturated heterocycles. The summed E-state index contributed by atoms with van der Waals surface area (Å²) in [6.45, 7) is 9.08. The molecule has 1 aliphatic rings. The summed E-state index contributed by atoms with van der Waals surface area (Å²) < 4.78 is 3.49. The molecule has 0 unspecified atom stereocenters. The van der Waals surface area contributed by atoms with E-state index in [1.165, 1.54) is 0 Å². The third-order valence-electron chi connectivity index (χ3n) is 3.48. The highest BCUT2D eigenvalue weighted by molar-refractivity contribution is 4.91. The van der Waals surface area contributed by atoms with Crippen molar-refractivity contribution < 1.29 is 0 Å². The van der Waals surface area contributed by atoms with Gasteiger partial charge in [0.05, 0.1) is 0 Å². The van der Waals surface area contributed by atoms with Crippen LogP contribution < -0.4 is 11.0 Å². The lowest BCUT2D eigenvalue weighted by atomic mass is 10.1. The molecule has 0 atom stereocenters. The van der Waals surface area contributed by atoms with Crippen LogP contribution in [0.1, 0.15) is 52.3 Å². The first-order chi connectivity index (χ1) is 8.97. The molecule has 0 saturated carbocycles. The molecular formula is C14H26N4O. The molecule has 1 aliphatic heterocycles. The van der Waals surface area contributed by atoms with Crippen LogP contribution in [0.25, 0.3) is 0 Å². The van der Waals surface area contributed by atoms with E-state index in [-0.39, 0.29) is 11.2 Å². The van der Waals surface area contributed by atoms with Crippen LogP contribution >= 0.6 is 0 Å². The van der Waals surface area contributed by atoms with Crippen LogP contribution in [0.4, 0.5) is 0 Å². The molecule has 19 heavy (non-hydrogen) atoms. The molecule has 0 bridgehead atoms. The van der Waals surface area contributed by atoms with E-state index in [9.17, 15) is 4.79 Å². The average Bonchev–Trinajstić information content (AvgIpc) is 2.65. The minimum atomic E-state index is 0.0819. The van der Waals surface area contributed by atoms with Crippen LogP contribution in [0.5, 0.6) is 0 Å². The molecule has 108 valence electrons. The molecule has 2 heterocycles. The Kier molecular flexibility index (Phi) is 4.45. The number of unbranched alkanes of at least 4 members (excludes halogenated alkanes) is 1. The number of hydrogen-bond donors (Lipinski definition) is 1. The van der Waals surface area contributed by atoms with Gasteiger partial charge in [0.2, 0.25) is 0 Å². The molecule has 5 heteroatoms. The Bertz CT molecular complexity index is 467. The van der Waals surface area contributed by atoms with Crippen LogP contribution in [0.3, 0.4) is 0 Å². The monoisotopic (exact) mass is 266 g/mol. The maximum Gasteiger partial charge on any atom is 0.345 e. The van der Waals surface area contributed by atoms with Crippen LogP contribution in [0.2, 0.25) is 0 Å². The Labute approximate surface area is 115 Å². The zero-order chi connectivity index (χ0) is 13.9. The first kappa shape index (κ1) is 14.3. The van der Waals surface area contributed by atoms with E-state index >= 15 is 0 Å².